The molecule has 2 aromatic rings. The molecule has 3 fully saturated rings. The summed E-state index contributed by atoms with van der Waals surface area (Å²) in [6.07, 6.45) is 3.10. The molecule has 1 saturated heterocycles. The first-order valence-corrected chi connectivity index (χ1v) is 10.3. The predicted octanol–water partition coefficient (Wildman–Crippen LogP) is 4.20. The summed E-state index contributed by atoms with van der Waals surface area (Å²) < 4.78 is 6.33. The van der Waals surface area contributed by atoms with E-state index in [-0.39, 0.29) is 23.7 Å². The van der Waals surface area contributed by atoms with Crippen LogP contribution in [0.4, 0.5) is 5.69 Å². The summed E-state index contributed by atoms with van der Waals surface area (Å²) in [4.78, 5) is 39.6. The number of hydrogen-bond acceptors (Lipinski definition) is 4. The van der Waals surface area contributed by atoms with E-state index in [1.165, 1.54) is 4.90 Å². The molecular weight excluding hydrogens is 422 g/mol. The van der Waals surface area contributed by atoms with Gasteiger partial charge in [-0.25, -0.2) is 9.69 Å². The molecule has 2 aromatic carbocycles. The number of ether oxygens (including phenoxy) is 1. The van der Waals surface area contributed by atoms with Crippen LogP contribution < -0.4 is 9.64 Å². The highest BCUT2D eigenvalue weighted by molar-refractivity contribution is 9.10. The molecule has 2 saturated carbocycles. The van der Waals surface area contributed by atoms with Crippen molar-refractivity contribution in [2.75, 3.05) is 4.90 Å². The molecule has 4 atom stereocenters. The van der Waals surface area contributed by atoms with Crippen LogP contribution in [0.3, 0.4) is 0 Å². The van der Waals surface area contributed by atoms with Crippen LogP contribution in [0.15, 0.2) is 53.0 Å². The average molecular weight is 440 g/mol. The molecule has 6 heteroatoms. The van der Waals surface area contributed by atoms with Gasteiger partial charge in [0.1, 0.15) is 5.75 Å². The van der Waals surface area contributed by atoms with Crippen molar-refractivity contribution in [3.05, 3.63) is 58.6 Å². The van der Waals surface area contributed by atoms with Gasteiger partial charge in [-0.2, -0.15) is 0 Å². The first kappa shape index (κ1) is 17.6. The normalized spacial score (nSPS) is 28.0. The number of anilines is 1. The molecule has 5 nitrogen and oxygen atoms in total. The highest BCUT2D eigenvalue weighted by Crippen LogP contribution is 2.56. The van der Waals surface area contributed by atoms with Gasteiger partial charge in [-0.1, -0.05) is 22.0 Å². The van der Waals surface area contributed by atoms with E-state index < -0.39 is 5.97 Å². The third kappa shape index (κ3) is 2.70. The molecule has 1 aliphatic heterocycles. The Labute approximate surface area is 170 Å². The summed E-state index contributed by atoms with van der Waals surface area (Å²) in [7, 11) is 0. The zero-order valence-corrected chi connectivity index (χ0v) is 16.6. The van der Waals surface area contributed by atoms with Crippen molar-refractivity contribution >= 4 is 39.4 Å². The zero-order chi connectivity index (χ0) is 19.4. The monoisotopic (exact) mass is 439 g/mol. The van der Waals surface area contributed by atoms with Crippen molar-refractivity contribution in [2.24, 2.45) is 23.7 Å². The Morgan fingerprint density at radius 1 is 0.964 bits per heavy atom. The number of imide groups is 1. The van der Waals surface area contributed by atoms with Gasteiger partial charge >= 0.3 is 5.97 Å². The maximum absolute atomic E-state index is 13.0. The molecule has 0 unspecified atom stereocenters. The summed E-state index contributed by atoms with van der Waals surface area (Å²) in [5.74, 6) is -0.0213. The number of fused-ring (bicyclic) bond motifs is 5. The number of carbonyl (C=O) groups excluding carboxylic acids is 3. The lowest BCUT2D eigenvalue weighted by Gasteiger charge is -2.19. The van der Waals surface area contributed by atoms with Crippen LogP contribution in [0.2, 0.25) is 0 Å². The lowest BCUT2D eigenvalue weighted by molar-refractivity contribution is -0.123. The minimum Gasteiger partial charge on any atom is -0.423 e. The molecule has 2 aliphatic carbocycles. The Morgan fingerprint density at radius 2 is 1.61 bits per heavy atom. The van der Waals surface area contributed by atoms with Crippen molar-refractivity contribution in [1.82, 2.24) is 0 Å². The van der Waals surface area contributed by atoms with E-state index in [0.717, 1.165) is 23.7 Å². The van der Waals surface area contributed by atoms with Gasteiger partial charge in [0, 0.05) is 10.5 Å². The first-order valence-electron chi connectivity index (χ1n) is 9.48. The number of esters is 1. The van der Waals surface area contributed by atoms with Crippen LogP contribution in [-0.4, -0.2) is 17.8 Å². The Balaban J connectivity index is 1.39. The number of amides is 2. The van der Waals surface area contributed by atoms with E-state index in [1.807, 2.05) is 0 Å². The maximum atomic E-state index is 13.0. The lowest BCUT2D eigenvalue weighted by Crippen LogP contribution is -2.32. The summed E-state index contributed by atoms with van der Waals surface area (Å²) in [5.41, 5.74) is 0.901. The van der Waals surface area contributed by atoms with E-state index >= 15 is 0 Å². The van der Waals surface area contributed by atoms with Crippen LogP contribution in [0.1, 0.15) is 29.6 Å². The molecule has 5 rings (SSSR count). The quantitative estimate of drug-likeness (QED) is 0.408. The zero-order valence-electron chi connectivity index (χ0n) is 15.0. The highest BCUT2D eigenvalue weighted by atomic mass is 79.9. The maximum Gasteiger partial charge on any atom is 0.343 e. The van der Waals surface area contributed by atoms with Crippen molar-refractivity contribution in [3.8, 4) is 5.75 Å². The predicted molar refractivity (Wildman–Crippen MR) is 106 cm³/mol. The molecule has 2 amide bonds. The highest BCUT2D eigenvalue weighted by Gasteiger charge is 2.61. The van der Waals surface area contributed by atoms with Gasteiger partial charge < -0.3 is 4.74 Å². The van der Waals surface area contributed by atoms with Gasteiger partial charge in [0.05, 0.1) is 23.1 Å². The largest absolute Gasteiger partial charge is 0.423 e. The molecule has 3 aliphatic rings. The summed E-state index contributed by atoms with van der Waals surface area (Å²) in [6.45, 7) is 0. The fourth-order valence-corrected chi connectivity index (χ4v) is 5.37. The molecule has 2 bridgehead atoms. The number of benzene rings is 2. The number of rotatable bonds is 3. The third-order valence-electron chi connectivity index (χ3n) is 6.29. The minimum absolute atomic E-state index is 0.0985. The topological polar surface area (TPSA) is 63.7 Å². The smallest absolute Gasteiger partial charge is 0.343 e. The molecule has 0 spiro atoms. The van der Waals surface area contributed by atoms with Gasteiger partial charge in [0.25, 0.3) is 0 Å². The van der Waals surface area contributed by atoms with Crippen molar-refractivity contribution in [1.29, 1.82) is 0 Å². The molecule has 142 valence electrons. The van der Waals surface area contributed by atoms with E-state index in [4.69, 9.17) is 4.74 Å². The molecule has 28 heavy (non-hydrogen) atoms. The fourth-order valence-electron chi connectivity index (χ4n) is 5.10. The van der Waals surface area contributed by atoms with Crippen LogP contribution in [0, 0.1) is 23.7 Å². The third-order valence-corrected chi connectivity index (χ3v) is 6.82. The van der Waals surface area contributed by atoms with Crippen molar-refractivity contribution in [2.45, 2.75) is 19.3 Å². The van der Waals surface area contributed by atoms with Crippen LogP contribution in [0.5, 0.6) is 5.75 Å². The number of hydrogen-bond donors (Lipinski definition) is 0. The van der Waals surface area contributed by atoms with E-state index in [9.17, 15) is 14.4 Å². The fraction of sp³-hybridized carbons (Fsp3) is 0.318. The SMILES string of the molecule is O=C(Oc1cccc(N2C(=O)[C@H]3[C@H]4CC[C@@H](C4)[C@@H]3C2=O)c1)c1ccc(Br)cc1. The lowest BCUT2D eigenvalue weighted by atomic mass is 9.81. The van der Waals surface area contributed by atoms with Gasteiger partial charge in [-0.3, -0.25) is 9.59 Å². The van der Waals surface area contributed by atoms with E-state index in [1.54, 1.807) is 48.5 Å². The summed E-state index contributed by atoms with van der Waals surface area (Å²) >= 11 is 3.33. The van der Waals surface area contributed by atoms with Gasteiger partial charge in [0.15, 0.2) is 0 Å². The number of nitrogens with zero attached hydrogens (tertiary/aromatic N) is 1. The average Bonchev–Trinajstić information content (AvgIpc) is 3.36. The van der Waals surface area contributed by atoms with Crippen LogP contribution in [-0.2, 0) is 9.59 Å². The molecule has 0 aromatic heterocycles. The second-order valence-electron chi connectivity index (χ2n) is 7.79. The van der Waals surface area contributed by atoms with Gasteiger partial charge in [-0.05, 0) is 67.5 Å². The van der Waals surface area contributed by atoms with Crippen molar-refractivity contribution < 1.29 is 19.1 Å². The Bertz CT molecular complexity index is 958. The molecule has 0 N–H and O–H groups in total. The van der Waals surface area contributed by atoms with Crippen LogP contribution >= 0.6 is 15.9 Å². The molecule has 1 heterocycles. The van der Waals surface area contributed by atoms with E-state index in [0.29, 0.717) is 28.8 Å². The van der Waals surface area contributed by atoms with Gasteiger partial charge in [-0.15, -0.1) is 0 Å². The Kier molecular flexibility index (Phi) is 4.12. The van der Waals surface area contributed by atoms with E-state index in [2.05, 4.69) is 15.9 Å². The molecule has 0 radical (unpaired) electrons. The number of halogens is 1. The Morgan fingerprint density at radius 3 is 2.25 bits per heavy atom. The second-order valence-corrected chi connectivity index (χ2v) is 8.71. The summed E-state index contributed by atoms with van der Waals surface area (Å²) in [5, 5.41) is 0. The second kappa shape index (κ2) is 6.55. The van der Waals surface area contributed by atoms with Crippen LogP contribution in [0.25, 0.3) is 0 Å². The first-order chi connectivity index (χ1) is 13.5. The van der Waals surface area contributed by atoms with Gasteiger partial charge in [0.2, 0.25) is 11.8 Å². The minimum atomic E-state index is -0.487. The Hall–Kier alpha value is -2.47. The molecular formula is C22H18BrNO4. The van der Waals surface area contributed by atoms with Crippen molar-refractivity contribution in [3.63, 3.8) is 0 Å². The standard InChI is InChI=1S/C22H18BrNO4/c23-15-8-6-12(7-9-15)22(27)28-17-3-1-2-16(11-17)24-20(25)18-13-4-5-14(10-13)19(18)21(24)26/h1-3,6-9,11,13-14,18-19H,4-5,10H2/t13-,14-,18-,19-/m0/s1. The summed E-state index contributed by atoms with van der Waals surface area (Å²) in [6, 6.07) is 13.5. The number of carbonyl (C=O) groups is 3.